The summed E-state index contributed by atoms with van der Waals surface area (Å²) in [5, 5.41) is 3.52. The molecule has 0 aromatic heterocycles. The van der Waals surface area contributed by atoms with Crippen LogP contribution >= 0.6 is 0 Å². The Morgan fingerprint density at radius 1 is 0.737 bits per heavy atom. The minimum Gasteiger partial charge on any atom is -0.355 e. The second kappa shape index (κ2) is 5.92. The minimum atomic E-state index is 0.527. The lowest BCUT2D eigenvalue weighted by molar-refractivity contribution is 0.866. The molecule has 2 rings (SSSR count). The van der Waals surface area contributed by atoms with Crippen molar-refractivity contribution in [2.75, 3.05) is 5.32 Å². The number of anilines is 2. The van der Waals surface area contributed by atoms with Crippen molar-refractivity contribution in [3.8, 4) is 0 Å². The normalized spacial score (nSPS) is 11.1. The maximum Gasteiger partial charge on any atom is 0.0419 e. The molecular weight excluding hydrogens is 230 g/mol. The van der Waals surface area contributed by atoms with Gasteiger partial charge in [-0.15, -0.1) is 0 Å². The van der Waals surface area contributed by atoms with Gasteiger partial charge in [0.2, 0.25) is 0 Å². The molecule has 1 N–H and O–H groups in total. The predicted octanol–water partition coefficient (Wildman–Crippen LogP) is 5.68. The zero-order chi connectivity index (χ0) is 13.8. The summed E-state index contributed by atoms with van der Waals surface area (Å²) in [5.41, 5.74) is 5.09. The molecule has 1 nitrogen and oxygen atoms in total. The highest BCUT2D eigenvalue weighted by Crippen LogP contribution is 2.27. The Morgan fingerprint density at radius 2 is 1.37 bits per heavy atom. The molecular formula is C18H23N. The van der Waals surface area contributed by atoms with E-state index in [1.165, 1.54) is 16.8 Å². The SMILES string of the molecule is CC(C)c1ccc(Nc2ccccc2C(C)C)cc1. The van der Waals surface area contributed by atoms with Crippen molar-refractivity contribution >= 4 is 11.4 Å². The molecule has 0 radical (unpaired) electrons. The van der Waals surface area contributed by atoms with Crippen LogP contribution in [0.3, 0.4) is 0 Å². The molecule has 1 heteroatoms. The smallest absolute Gasteiger partial charge is 0.0419 e. The highest BCUT2D eigenvalue weighted by molar-refractivity contribution is 5.64. The van der Waals surface area contributed by atoms with Gasteiger partial charge in [-0.3, -0.25) is 0 Å². The van der Waals surface area contributed by atoms with E-state index in [1.54, 1.807) is 0 Å². The van der Waals surface area contributed by atoms with Crippen LogP contribution in [0.5, 0.6) is 0 Å². The largest absolute Gasteiger partial charge is 0.355 e. The first-order valence-electron chi connectivity index (χ1n) is 7.04. The first kappa shape index (κ1) is 13.7. The van der Waals surface area contributed by atoms with Crippen LogP contribution in [-0.2, 0) is 0 Å². The molecule has 0 aliphatic heterocycles. The van der Waals surface area contributed by atoms with Crippen LogP contribution < -0.4 is 5.32 Å². The maximum atomic E-state index is 3.52. The Labute approximate surface area is 116 Å². The van der Waals surface area contributed by atoms with Gasteiger partial charge in [-0.1, -0.05) is 58.0 Å². The van der Waals surface area contributed by atoms with Gasteiger partial charge in [-0.05, 0) is 41.2 Å². The van der Waals surface area contributed by atoms with Crippen LogP contribution in [-0.4, -0.2) is 0 Å². The fourth-order valence-corrected chi connectivity index (χ4v) is 2.22. The van der Waals surface area contributed by atoms with Crippen LogP contribution in [0.25, 0.3) is 0 Å². The van der Waals surface area contributed by atoms with Crippen molar-refractivity contribution in [1.29, 1.82) is 0 Å². The molecule has 0 unspecified atom stereocenters. The van der Waals surface area contributed by atoms with Crippen molar-refractivity contribution < 1.29 is 0 Å². The Morgan fingerprint density at radius 3 is 1.95 bits per heavy atom. The molecule has 0 spiro atoms. The molecule has 0 amide bonds. The van der Waals surface area contributed by atoms with Crippen molar-refractivity contribution in [2.45, 2.75) is 39.5 Å². The van der Waals surface area contributed by atoms with Crippen molar-refractivity contribution in [3.63, 3.8) is 0 Å². The molecule has 19 heavy (non-hydrogen) atoms. The highest BCUT2D eigenvalue weighted by atomic mass is 14.9. The van der Waals surface area contributed by atoms with Crippen LogP contribution in [0.1, 0.15) is 50.7 Å². The summed E-state index contributed by atoms with van der Waals surface area (Å²) < 4.78 is 0. The summed E-state index contributed by atoms with van der Waals surface area (Å²) in [4.78, 5) is 0. The maximum absolute atomic E-state index is 3.52. The molecule has 0 aliphatic rings. The Hall–Kier alpha value is -1.76. The average Bonchev–Trinajstić information content (AvgIpc) is 2.39. The average molecular weight is 253 g/mol. The Bertz CT molecular complexity index is 524. The third-order valence-electron chi connectivity index (χ3n) is 3.44. The Kier molecular flexibility index (Phi) is 4.26. The van der Waals surface area contributed by atoms with E-state index < -0.39 is 0 Å². The van der Waals surface area contributed by atoms with Gasteiger partial charge in [0.25, 0.3) is 0 Å². The number of rotatable bonds is 4. The van der Waals surface area contributed by atoms with Gasteiger partial charge >= 0.3 is 0 Å². The Balaban J connectivity index is 2.21. The van der Waals surface area contributed by atoms with Gasteiger partial charge in [0.15, 0.2) is 0 Å². The van der Waals surface area contributed by atoms with Gasteiger partial charge in [0.1, 0.15) is 0 Å². The van der Waals surface area contributed by atoms with Gasteiger partial charge in [0.05, 0.1) is 0 Å². The molecule has 0 saturated heterocycles. The number of para-hydroxylation sites is 1. The van der Waals surface area contributed by atoms with Gasteiger partial charge in [0, 0.05) is 11.4 Å². The van der Waals surface area contributed by atoms with E-state index in [0.717, 1.165) is 5.69 Å². The summed E-state index contributed by atoms with van der Waals surface area (Å²) in [6.45, 7) is 8.89. The fourth-order valence-electron chi connectivity index (χ4n) is 2.22. The standard InChI is InChI=1S/C18H23N/c1-13(2)15-9-11-16(12-10-15)19-18-8-6-5-7-17(18)14(3)4/h5-14,19H,1-4H3. The summed E-state index contributed by atoms with van der Waals surface area (Å²) >= 11 is 0. The second-order valence-electron chi connectivity index (χ2n) is 5.64. The van der Waals surface area contributed by atoms with Gasteiger partial charge < -0.3 is 5.32 Å². The predicted molar refractivity (Wildman–Crippen MR) is 84.3 cm³/mol. The number of benzene rings is 2. The van der Waals surface area contributed by atoms with E-state index in [1.807, 2.05) is 0 Å². The monoisotopic (exact) mass is 253 g/mol. The van der Waals surface area contributed by atoms with Crippen molar-refractivity contribution in [2.24, 2.45) is 0 Å². The van der Waals surface area contributed by atoms with Crippen LogP contribution in [0.2, 0.25) is 0 Å². The van der Waals surface area contributed by atoms with E-state index in [9.17, 15) is 0 Å². The summed E-state index contributed by atoms with van der Waals surface area (Å²) in [6, 6.07) is 17.2. The molecule has 0 saturated carbocycles. The van der Waals surface area contributed by atoms with Gasteiger partial charge in [-0.25, -0.2) is 0 Å². The quantitative estimate of drug-likeness (QED) is 0.739. The van der Waals surface area contributed by atoms with E-state index in [4.69, 9.17) is 0 Å². The topological polar surface area (TPSA) is 12.0 Å². The van der Waals surface area contributed by atoms with E-state index in [0.29, 0.717) is 11.8 Å². The molecule has 2 aromatic carbocycles. The van der Waals surface area contributed by atoms with Crippen LogP contribution in [0.4, 0.5) is 11.4 Å². The van der Waals surface area contributed by atoms with Crippen molar-refractivity contribution in [3.05, 3.63) is 59.7 Å². The zero-order valence-corrected chi connectivity index (χ0v) is 12.3. The fraction of sp³-hybridized carbons (Fsp3) is 0.333. The third-order valence-corrected chi connectivity index (χ3v) is 3.44. The highest BCUT2D eigenvalue weighted by Gasteiger charge is 2.06. The van der Waals surface area contributed by atoms with Crippen LogP contribution in [0, 0.1) is 0 Å². The van der Waals surface area contributed by atoms with Gasteiger partial charge in [-0.2, -0.15) is 0 Å². The first-order valence-corrected chi connectivity index (χ1v) is 7.04. The van der Waals surface area contributed by atoms with Crippen molar-refractivity contribution in [1.82, 2.24) is 0 Å². The molecule has 0 fully saturated rings. The summed E-state index contributed by atoms with van der Waals surface area (Å²) in [7, 11) is 0. The molecule has 0 atom stereocenters. The third kappa shape index (κ3) is 3.37. The summed E-state index contributed by atoms with van der Waals surface area (Å²) in [5.74, 6) is 1.11. The molecule has 0 heterocycles. The minimum absolute atomic E-state index is 0.527. The molecule has 0 bridgehead atoms. The number of hydrogen-bond acceptors (Lipinski definition) is 1. The lowest BCUT2D eigenvalue weighted by Crippen LogP contribution is -1.97. The van der Waals surface area contributed by atoms with E-state index in [-0.39, 0.29) is 0 Å². The lowest BCUT2D eigenvalue weighted by atomic mass is 10.0. The summed E-state index contributed by atoms with van der Waals surface area (Å²) in [6.07, 6.45) is 0. The zero-order valence-electron chi connectivity index (χ0n) is 12.3. The second-order valence-corrected chi connectivity index (χ2v) is 5.64. The molecule has 0 aliphatic carbocycles. The lowest BCUT2D eigenvalue weighted by Gasteiger charge is -2.15. The van der Waals surface area contributed by atoms with E-state index >= 15 is 0 Å². The first-order chi connectivity index (χ1) is 9.08. The van der Waals surface area contributed by atoms with Crippen LogP contribution in [0.15, 0.2) is 48.5 Å². The number of hydrogen-bond donors (Lipinski definition) is 1. The molecule has 100 valence electrons. The number of nitrogens with one attached hydrogen (secondary N) is 1. The molecule has 2 aromatic rings. The van der Waals surface area contributed by atoms with E-state index in [2.05, 4.69) is 81.5 Å².